The summed E-state index contributed by atoms with van der Waals surface area (Å²) in [4.78, 5) is 0. The summed E-state index contributed by atoms with van der Waals surface area (Å²) in [5, 5.41) is 17.3. The summed E-state index contributed by atoms with van der Waals surface area (Å²) < 4.78 is 3.31. The average molecular weight is 533 g/mol. The van der Waals surface area contributed by atoms with Crippen LogP contribution in [0.4, 0.5) is 0 Å². The minimum Gasteiger partial charge on any atom is -0.508 e. The minimum absolute atomic E-state index is 0.0736. The molecule has 2 rings (SSSR count). The predicted octanol–water partition coefficient (Wildman–Crippen LogP) is 9.03. The van der Waals surface area contributed by atoms with Crippen molar-refractivity contribution >= 4 is 21.1 Å². The zero-order chi connectivity index (χ0) is 22.8. The van der Waals surface area contributed by atoms with Gasteiger partial charge in [-0.25, -0.2) is 0 Å². The van der Waals surface area contributed by atoms with E-state index in [9.17, 15) is 0 Å². The topological polar surface area (TPSA) is 40.5 Å². The van der Waals surface area contributed by atoms with Gasteiger partial charge in [0, 0.05) is 0 Å². The zero-order valence-corrected chi connectivity index (χ0v) is 22.9. The van der Waals surface area contributed by atoms with E-state index in [1.807, 2.05) is 12.1 Å². The smallest absolute Gasteiger partial charge is 0.115 e. The van der Waals surface area contributed by atoms with Gasteiger partial charge in [0.05, 0.1) is 0 Å². The molecule has 0 aromatic heterocycles. The van der Waals surface area contributed by atoms with Crippen LogP contribution in [0.2, 0.25) is 8.87 Å². The van der Waals surface area contributed by atoms with Gasteiger partial charge >= 0.3 is 121 Å². The maximum absolute atomic E-state index is 8.63. The fourth-order valence-corrected chi connectivity index (χ4v) is 6.61. The third-order valence-electron chi connectivity index (χ3n) is 4.93. The van der Waals surface area contributed by atoms with Crippen molar-refractivity contribution in [3.8, 4) is 11.5 Å². The molecule has 2 nitrogen and oxygen atoms in total. The van der Waals surface area contributed by atoms with Crippen LogP contribution in [0.1, 0.15) is 90.9 Å². The second-order valence-electron chi connectivity index (χ2n) is 7.96. The first-order valence-corrected chi connectivity index (χ1v) is 16.4. The van der Waals surface area contributed by atoms with Crippen molar-refractivity contribution in [2.45, 2.75) is 99.8 Å². The maximum Gasteiger partial charge on any atom is 0.115 e. The Labute approximate surface area is 202 Å². The molecular formula is C28H46O2Sn. The number of hydrogen-bond acceptors (Lipinski definition) is 2. The van der Waals surface area contributed by atoms with E-state index in [2.05, 4.69) is 13.8 Å². The Bertz CT molecular complexity index is 508. The van der Waals surface area contributed by atoms with Crippen LogP contribution in [-0.2, 0) is 0 Å². The van der Waals surface area contributed by atoms with Crippen molar-refractivity contribution < 1.29 is 10.2 Å². The summed E-state index contributed by atoms with van der Waals surface area (Å²) in [6, 6.07) is 17.4. The van der Waals surface area contributed by atoms with Gasteiger partial charge < -0.3 is 10.2 Å². The first kappa shape index (κ1) is 29.8. The van der Waals surface area contributed by atoms with Crippen LogP contribution in [0.15, 0.2) is 60.7 Å². The number of unbranched alkanes of at least 4 members (excludes halogenated alkanes) is 10. The number of hydrogen-bond donors (Lipinski definition) is 2. The van der Waals surface area contributed by atoms with Crippen molar-refractivity contribution in [1.29, 1.82) is 0 Å². The number of phenolic OH excluding ortho intramolecular Hbond substituents is 2. The fourth-order valence-electron chi connectivity index (χ4n) is 3.04. The third-order valence-corrected chi connectivity index (χ3v) is 8.96. The molecule has 2 radical (unpaired) electrons. The quantitative estimate of drug-likeness (QED) is 0.188. The summed E-state index contributed by atoms with van der Waals surface area (Å²) in [6.45, 7) is 4.60. The standard InChI is InChI=1S/2C8H17.2C6H6O.Sn/c2*1-3-5-7-8-6-4-2;2*7-6-4-2-1-3-5-6;/h2*1,3-8H2,2H3;2*1-5,7H;. The molecular weight excluding hydrogens is 487 g/mol. The van der Waals surface area contributed by atoms with Gasteiger partial charge in [-0.15, -0.1) is 0 Å². The van der Waals surface area contributed by atoms with Crippen LogP contribution in [0, 0.1) is 0 Å². The van der Waals surface area contributed by atoms with Crippen molar-refractivity contribution in [3.05, 3.63) is 60.7 Å². The molecule has 31 heavy (non-hydrogen) atoms. The monoisotopic (exact) mass is 534 g/mol. The van der Waals surface area contributed by atoms with Crippen LogP contribution >= 0.6 is 0 Å². The van der Waals surface area contributed by atoms with Gasteiger partial charge in [0.15, 0.2) is 0 Å². The second-order valence-corrected chi connectivity index (χ2v) is 12.2. The van der Waals surface area contributed by atoms with Crippen LogP contribution in [-0.4, -0.2) is 31.4 Å². The molecule has 0 atom stereocenters. The first-order valence-electron chi connectivity index (χ1n) is 12.4. The van der Waals surface area contributed by atoms with Crippen LogP contribution in [0.3, 0.4) is 0 Å². The van der Waals surface area contributed by atoms with Gasteiger partial charge in [-0.1, -0.05) is 36.4 Å². The third kappa shape index (κ3) is 25.0. The first-order chi connectivity index (χ1) is 15.2. The van der Waals surface area contributed by atoms with E-state index >= 15 is 0 Å². The maximum atomic E-state index is 8.63. The molecule has 3 heteroatoms. The number of rotatable bonds is 14. The molecule has 2 aromatic carbocycles. The summed E-state index contributed by atoms with van der Waals surface area (Å²) in [5.41, 5.74) is 0. The van der Waals surface area contributed by atoms with E-state index in [4.69, 9.17) is 10.2 Å². The minimum atomic E-state index is 0.0736. The van der Waals surface area contributed by atoms with Crippen LogP contribution in [0.5, 0.6) is 11.5 Å². The number of aromatic hydroxyl groups is 2. The summed E-state index contributed by atoms with van der Waals surface area (Å²) in [5.74, 6) is 0.644. The molecule has 0 aliphatic carbocycles. The molecule has 2 aromatic rings. The SMILES string of the molecule is CCCCCCC[CH2][Sn][CH2]CCCCCCC.Oc1ccccc1.Oc1ccccc1. The van der Waals surface area contributed by atoms with E-state index in [-0.39, 0.29) is 21.1 Å². The van der Waals surface area contributed by atoms with Crippen LogP contribution < -0.4 is 0 Å². The molecule has 2 N–H and O–H groups in total. The van der Waals surface area contributed by atoms with Crippen molar-refractivity contribution in [3.63, 3.8) is 0 Å². The molecule has 0 spiro atoms. The van der Waals surface area contributed by atoms with Crippen molar-refractivity contribution in [1.82, 2.24) is 0 Å². The molecule has 0 heterocycles. The molecule has 0 amide bonds. The van der Waals surface area contributed by atoms with E-state index in [0.29, 0.717) is 11.5 Å². The Morgan fingerprint density at radius 3 is 1.10 bits per heavy atom. The van der Waals surface area contributed by atoms with Gasteiger partial charge in [0.25, 0.3) is 0 Å². The van der Waals surface area contributed by atoms with Gasteiger partial charge in [-0.05, 0) is 24.3 Å². The summed E-state index contributed by atoms with van der Waals surface area (Å²) >= 11 is 0.0736. The number of phenols is 2. The van der Waals surface area contributed by atoms with E-state index in [0.717, 1.165) is 0 Å². The molecule has 0 saturated heterocycles. The summed E-state index contributed by atoms with van der Waals surface area (Å²) in [6.07, 6.45) is 17.8. The van der Waals surface area contributed by atoms with E-state index in [1.54, 1.807) is 70.2 Å². The zero-order valence-electron chi connectivity index (χ0n) is 20.1. The normalized spacial score (nSPS) is 9.87. The van der Waals surface area contributed by atoms with E-state index < -0.39 is 0 Å². The molecule has 0 aliphatic heterocycles. The number of benzene rings is 2. The Kier molecular flexibility index (Phi) is 24.2. The van der Waals surface area contributed by atoms with Crippen molar-refractivity contribution in [2.75, 3.05) is 0 Å². The van der Waals surface area contributed by atoms with Gasteiger partial charge in [0.1, 0.15) is 11.5 Å². The predicted molar refractivity (Wildman–Crippen MR) is 138 cm³/mol. The van der Waals surface area contributed by atoms with Gasteiger partial charge in [0.2, 0.25) is 0 Å². The molecule has 0 aliphatic rings. The number of para-hydroxylation sites is 2. The van der Waals surface area contributed by atoms with Crippen LogP contribution in [0.25, 0.3) is 0 Å². The summed E-state index contributed by atoms with van der Waals surface area (Å²) in [7, 11) is 0. The Hall–Kier alpha value is -1.16. The van der Waals surface area contributed by atoms with Gasteiger partial charge in [-0.2, -0.15) is 0 Å². The fraction of sp³-hybridized carbons (Fsp3) is 0.571. The molecule has 0 unspecified atom stereocenters. The Morgan fingerprint density at radius 2 is 0.806 bits per heavy atom. The van der Waals surface area contributed by atoms with Crippen molar-refractivity contribution in [2.24, 2.45) is 0 Å². The van der Waals surface area contributed by atoms with Gasteiger partial charge in [-0.3, -0.25) is 0 Å². The molecule has 0 fully saturated rings. The Balaban J connectivity index is 0.000000518. The molecule has 174 valence electrons. The molecule has 0 saturated carbocycles. The average Bonchev–Trinajstić information content (AvgIpc) is 2.79. The molecule has 0 bridgehead atoms. The largest absolute Gasteiger partial charge is 0.508 e. The second kappa shape index (κ2) is 25.1. The van der Waals surface area contributed by atoms with E-state index in [1.165, 1.54) is 64.2 Å². The Morgan fingerprint density at radius 1 is 0.484 bits per heavy atom.